The molecule has 2 aromatic rings. The first-order valence-corrected chi connectivity index (χ1v) is 12.6. The van der Waals surface area contributed by atoms with Gasteiger partial charge in [-0.1, -0.05) is 29.8 Å². The Hall–Kier alpha value is -4.14. The number of ether oxygens (including phenoxy) is 2. The lowest BCUT2D eigenvalue weighted by Gasteiger charge is -2.49. The number of phenols is 1. The minimum atomic E-state index is -1.24. The predicted molar refractivity (Wildman–Crippen MR) is 135 cm³/mol. The second-order valence-corrected chi connectivity index (χ2v) is 10.6. The number of hydrogen-bond acceptors (Lipinski definition) is 7. The lowest BCUT2D eigenvalue weighted by Crippen LogP contribution is -2.49. The third-order valence-corrected chi connectivity index (χ3v) is 8.95. The molecule has 2 saturated heterocycles. The highest BCUT2D eigenvalue weighted by atomic mass is 16.5. The molecule has 9 nitrogen and oxygen atoms in total. The van der Waals surface area contributed by atoms with E-state index in [1.54, 1.807) is 31.2 Å². The Morgan fingerprint density at radius 3 is 2.26 bits per heavy atom. The summed E-state index contributed by atoms with van der Waals surface area (Å²) < 4.78 is 11.4. The SMILES string of the molecule is COc1cc(O)cc(OC)c1C1C2=CCC3C(=O)NC(=O)C3C2CC2C(=O)N(c3ccccc3)C(=O)C21C. The molecule has 6 rings (SSSR count). The van der Waals surface area contributed by atoms with Crippen LogP contribution in [-0.4, -0.2) is 43.0 Å². The number of aromatic hydroxyl groups is 1. The number of carbonyl (C=O) groups excluding carboxylic acids is 4. The van der Waals surface area contributed by atoms with Crippen LogP contribution in [0.3, 0.4) is 0 Å². The smallest absolute Gasteiger partial charge is 0.241 e. The van der Waals surface area contributed by atoms with Crippen molar-refractivity contribution in [3.8, 4) is 17.2 Å². The van der Waals surface area contributed by atoms with Gasteiger partial charge in [0.05, 0.1) is 43.1 Å². The number of nitrogens with zero attached hydrogens (tertiary/aromatic N) is 1. The minimum absolute atomic E-state index is 0.0743. The molecule has 4 amide bonds. The van der Waals surface area contributed by atoms with Gasteiger partial charge in [0.25, 0.3) is 0 Å². The van der Waals surface area contributed by atoms with Crippen LogP contribution < -0.4 is 19.7 Å². The lowest BCUT2D eigenvalue weighted by atomic mass is 9.51. The molecular formula is C29H28N2O7. The van der Waals surface area contributed by atoms with Crippen molar-refractivity contribution in [1.29, 1.82) is 0 Å². The van der Waals surface area contributed by atoms with Crippen molar-refractivity contribution in [2.45, 2.75) is 25.7 Å². The van der Waals surface area contributed by atoms with Crippen LogP contribution in [0.5, 0.6) is 17.2 Å². The van der Waals surface area contributed by atoms with Crippen LogP contribution in [0.25, 0.3) is 0 Å². The number of para-hydroxylation sites is 1. The monoisotopic (exact) mass is 516 g/mol. The number of amides is 4. The molecule has 4 aliphatic rings. The van der Waals surface area contributed by atoms with E-state index in [1.165, 1.54) is 31.3 Å². The highest BCUT2D eigenvalue weighted by Gasteiger charge is 2.67. The molecule has 6 unspecified atom stereocenters. The topological polar surface area (TPSA) is 122 Å². The summed E-state index contributed by atoms with van der Waals surface area (Å²) >= 11 is 0. The number of nitrogens with one attached hydrogen (secondary N) is 1. The van der Waals surface area contributed by atoms with Crippen molar-refractivity contribution in [3.63, 3.8) is 0 Å². The maximum absolute atomic E-state index is 14.4. The molecule has 2 aliphatic heterocycles. The molecule has 6 atom stereocenters. The first kappa shape index (κ1) is 24.2. The molecule has 2 aliphatic carbocycles. The van der Waals surface area contributed by atoms with E-state index in [2.05, 4.69) is 5.32 Å². The number of carbonyl (C=O) groups is 4. The highest BCUT2D eigenvalue weighted by Crippen LogP contribution is 2.65. The first-order chi connectivity index (χ1) is 18.2. The quantitative estimate of drug-likeness (QED) is 0.473. The molecule has 0 bridgehead atoms. The summed E-state index contributed by atoms with van der Waals surface area (Å²) in [6.45, 7) is 1.79. The summed E-state index contributed by atoms with van der Waals surface area (Å²) in [5, 5.41) is 12.8. The number of rotatable bonds is 4. The molecule has 2 N–H and O–H groups in total. The number of hydrogen-bond donors (Lipinski definition) is 2. The van der Waals surface area contributed by atoms with Gasteiger partial charge in [-0.05, 0) is 37.8 Å². The number of phenolic OH excluding ortho intramolecular Hbond substituents is 1. The number of benzene rings is 2. The van der Waals surface area contributed by atoms with Crippen molar-refractivity contribution >= 4 is 29.3 Å². The zero-order chi connectivity index (χ0) is 26.9. The van der Waals surface area contributed by atoms with Gasteiger partial charge in [0.1, 0.15) is 17.2 Å². The number of allylic oxidation sites excluding steroid dienone is 2. The van der Waals surface area contributed by atoms with Crippen LogP contribution >= 0.6 is 0 Å². The van der Waals surface area contributed by atoms with E-state index < -0.39 is 35.0 Å². The summed E-state index contributed by atoms with van der Waals surface area (Å²) in [5.74, 6) is -3.83. The van der Waals surface area contributed by atoms with Gasteiger partial charge in [0, 0.05) is 23.6 Å². The second kappa shape index (κ2) is 8.44. The van der Waals surface area contributed by atoms with Crippen molar-refractivity contribution in [2.75, 3.05) is 19.1 Å². The Bertz CT molecular complexity index is 1390. The van der Waals surface area contributed by atoms with Gasteiger partial charge in [0.2, 0.25) is 23.6 Å². The molecule has 0 aromatic heterocycles. The molecule has 38 heavy (non-hydrogen) atoms. The van der Waals surface area contributed by atoms with E-state index in [-0.39, 0.29) is 35.8 Å². The van der Waals surface area contributed by atoms with Crippen LogP contribution in [-0.2, 0) is 19.2 Å². The maximum Gasteiger partial charge on any atom is 0.241 e. The Morgan fingerprint density at radius 2 is 1.63 bits per heavy atom. The summed E-state index contributed by atoms with van der Waals surface area (Å²) in [4.78, 5) is 55.2. The van der Waals surface area contributed by atoms with Crippen LogP contribution in [0, 0.1) is 29.1 Å². The highest BCUT2D eigenvalue weighted by molar-refractivity contribution is 6.24. The molecule has 0 spiro atoms. The third-order valence-electron chi connectivity index (χ3n) is 8.95. The third kappa shape index (κ3) is 3.10. The second-order valence-electron chi connectivity index (χ2n) is 10.6. The number of fused-ring (bicyclic) bond motifs is 4. The van der Waals surface area contributed by atoms with E-state index >= 15 is 0 Å². The summed E-state index contributed by atoms with van der Waals surface area (Å²) in [6, 6.07) is 11.7. The molecule has 2 aromatic carbocycles. The summed E-state index contributed by atoms with van der Waals surface area (Å²) in [6.07, 6.45) is 2.56. The van der Waals surface area contributed by atoms with Gasteiger partial charge in [-0.3, -0.25) is 24.5 Å². The van der Waals surface area contributed by atoms with Gasteiger partial charge < -0.3 is 14.6 Å². The molecule has 2 heterocycles. The van der Waals surface area contributed by atoms with E-state index in [0.717, 1.165) is 5.57 Å². The normalized spacial score (nSPS) is 31.8. The van der Waals surface area contributed by atoms with Crippen LogP contribution in [0.1, 0.15) is 31.2 Å². The van der Waals surface area contributed by atoms with E-state index in [9.17, 15) is 24.3 Å². The fraction of sp³-hybridized carbons (Fsp3) is 0.379. The fourth-order valence-electron chi connectivity index (χ4n) is 7.27. The van der Waals surface area contributed by atoms with Gasteiger partial charge in [0.15, 0.2) is 0 Å². The van der Waals surface area contributed by atoms with Crippen LogP contribution in [0.2, 0.25) is 0 Å². The number of imide groups is 2. The maximum atomic E-state index is 14.4. The molecular weight excluding hydrogens is 488 g/mol. The standard InChI is InChI=1S/C29H28N2O7/c1-29-19(27(35)31(28(29)36)14-7-5-4-6-8-14)13-18-16(9-10-17-22(18)26(34)30-25(17)33)24(29)23-20(37-2)11-15(32)12-21(23)38-3/h4-9,11-12,17-19,22,24,32H,10,13H2,1-3H3,(H,30,33,34). The van der Waals surface area contributed by atoms with Gasteiger partial charge in [-0.2, -0.15) is 0 Å². The molecule has 196 valence electrons. The summed E-state index contributed by atoms with van der Waals surface area (Å²) in [5.41, 5.74) is 0.576. The van der Waals surface area contributed by atoms with E-state index in [0.29, 0.717) is 29.2 Å². The first-order valence-electron chi connectivity index (χ1n) is 12.6. The van der Waals surface area contributed by atoms with Crippen molar-refractivity contribution in [1.82, 2.24) is 5.32 Å². The van der Waals surface area contributed by atoms with Crippen molar-refractivity contribution in [3.05, 3.63) is 59.7 Å². The zero-order valence-electron chi connectivity index (χ0n) is 21.3. The van der Waals surface area contributed by atoms with Crippen LogP contribution in [0.4, 0.5) is 5.69 Å². The zero-order valence-corrected chi connectivity index (χ0v) is 21.3. The Morgan fingerprint density at radius 1 is 0.974 bits per heavy atom. The molecule has 3 fully saturated rings. The average Bonchev–Trinajstić information content (AvgIpc) is 3.31. The Kier molecular flexibility index (Phi) is 5.38. The molecule has 1 saturated carbocycles. The predicted octanol–water partition coefficient (Wildman–Crippen LogP) is 2.93. The van der Waals surface area contributed by atoms with Gasteiger partial charge in [-0.25, -0.2) is 4.90 Å². The van der Waals surface area contributed by atoms with Gasteiger partial charge >= 0.3 is 0 Å². The number of anilines is 1. The fourth-order valence-corrected chi connectivity index (χ4v) is 7.27. The Labute approximate surface area is 219 Å². The number of methoxy groups -OCH3 is 2. The lowest BCUT2D eigenvalue weighted by molar-refractivity contribution is -0.131. The summed E-state index contributed by atoms with van der Waals surface area (Å²) in [7, 11) is 2.92. The van der Waals surface area contributed by atoms with Crippen molar-refractivity contribution < 1.29 is 33.8 Å². The van der Waals surface area contributed by atoms with E-state index in [1.807, 2.05) is 12.1 Å². The molecule has 0 radical (unpaired) electrons. The van der Waals surface area contributed by atoms with Crippen molar-refractivity contribution in [2.24, 2.45) is 29.1 Å². The van der Waals surface area contributed by atoms with Crippen LogP contribution in [0.15, 0.2) is 54.1 Å². The minimum Gasteiger partial charge on any atom is -0.508 e. The molecule has 9 heteroatoms. The van der Waals surface area contributed by atoms with Gasteiger partial charge in [-0.15, -0.1) is 0 Å². The largest absolute Gasteiger partial charge is 0.508 e. The Balaban J connectivity index is 1.61. The average molecular weight is 517 g/mol. The van der Waals surface area contributed by atoms with E-state index in [4.69, 9.17) is 9.47 Å².